The summed E-state index contributed by atoms with van der Waals surface area (Å²) in [6.07, 6.45) is 0. The molecule has 6 heteroatoms. The maximum Gasteiger partial charge on any atom is 0.277 e. The molecule has 0 spiro atoms. The molecule has 0 saturated heterocycles. The van der Waals surface area contributed by atoms with Crippen molar-refractivity contribution in [1.29, 1.82) is 0 Å². The van der Waals surface area contributed by atoms with E-state index in [1.54, 1.807) is 7.11 Å². The predicted octanol–water partition coefficient (Wildman–Crippen LogP) is 5.11. The smallest absolute Gasteiger partial charge is 0.277 e. The molecule has 3 aromatic rings. The first kappa shape index (κ1) is 16.1. The maximum absolute atomic E-state index is 5.76. The van der Waals surface area contributed by atoms with Crippen LogP contribution in [0.15, 0.2) is 56.6 Å². The highest BCUT2D eigenvalue weighted by atomic mass is 79.9. The highest BCUT2D eigenvalue weighted by molar-refractivity contribution is 9.10. The second kappa shape index (κ2) is 7.19. The second-order valence-electron chi connectivity index (χ2n) is 4.93. The number of hydrogen-bond donors (Lipinski definition) is 0. The molecule has 2 aromatic carbocycles. The average Bonchev–Trinajstić information content (AvgIpc) is 3.02. The molecular formula is C17H15BrN2O2S. The van der Waals surface area contributed by atoms with Crippen molar-refractivity contribution >= 4 is 27.7 Å². The minimum Gasteiger partial charge on any atom is -0.496 e. The minimum atomic E-state index is 0.547. The summed E-state index contributed by atoms with van der Waals surface area (Å²) in [6, 6.07) is 13.9. The number of benzene rings is 2. The van der Waals surface area contributed by atoms with E-state index in [1.165, 1.54) is 11.8 Å². The number of ether oxygens (including phenoxy) is 1. The molecule has 0 aliphatic heterocycles. The van der Waals surface area contributed by atoms with Crippen molar-refractivity contribution in [2.75, 3.05) is 7.11 Å². The fraction of sp³-hybridized carbons (Fsp3) is 0.176. The van der Waals surface area contributed by atoms with Gasteiger partial charge in [-0.2, -0.15) is 0 Å². The Morgan fingerprint density at radius 3 is 2.78 bits per heavy atom. The lowest BCUT2D eigenvalue weighted by atomic mass is 10.1. The van der Waals surface area contributed by atoms with E-state index in [2.05, 4.69) is 26.1 Å². The van der Waals surface area contributed by atoms with Crippen molar-refractivity contribution in [3.05, 3.63) is 58.1 Å². The monoisotopic (exact) mass is 390 g/mol. The Morgan fingerprint density at radius 2 is 2.00 bits per heavy atom. The number of aromatic nitrogens is 2. The van der Waals surface area contributed by atoms with E-state index in [0.717, 1.165) is 26.9 Å². The van der Waals surface area contributed by atoms with Crippen molar-refractivity contribution in [3.8, 4) is 17.2 Å². The van der Waals surface area contributed by atoms with Crippen LogP contribution in [0, 0.1) is 6.92 Å². The van der Waals surface area contributed by atoms with Crippen LogP contribution in [0.2, 0.25) is 0 Å². The van der Waals surface area contributed by atoms with E-state index in [4.69, 9.17) is 9.15 Å². The topological polar surface area (TPSA) is 48.2 Å². The van der Waals surface area contributed by atoms with Crippen LogP contribution in [0.4, 0.5) is 0 Å². The molecule has 0 saturated carbocycles. The minimum absolute atomic E-state index is 0.547. The Labute approximate surface area is 147 Å². The summed E-state index contributed by atoms with van der Waals surface area (Å²) >= 11 is 4.97. The normalized spacial score (nSPS) is 10.7. The number of methoxy groups -OCH3 is 1. The Morgan fingerprint density at radius 1 is 1.17 bits per heavy atom. The molecule has 1 aromatic heterocycles. The fourth-order valence-electron chi connectivity index (χ4n) is 2.19. The molecule has 23 heavy (non-hydrogen) atoms. The van der Waals surface area contributed by atoms with Crippen molar-refractivity contribution in [2.24, 2.45) is 0 Å². The zero-order valence-corrected chi connectivity index (χ0v) is 15.1. The van der Waals surface area contributed by atoms with E-state index in [9.17, 15) is 0 Å². The van der Waals surface area contributed by atoms with Crippen molar-refractivity contribution < 1.29 is 9.15 Å². The summed E-state index contributed by atoms with van der Waals surface area (Å²) in [6.45, 7) is 2.03. The van der Waals surface area contributed by atoms with Crippen molar-refractivity contribution in [2.45, 2.75) is 17.9 Å². The summed E-state index contributed by atoms with van der Waals surface area (Å²) in [4.78, 5) is 0. The fourth-order valence-corrected chi connectivity index (χ4v) is 3.34. The van der Waals surface area contributed by atoms with Gasteiger partial charge in [0.15, 0.2) is 0 Å². The molecule has 0 amide bonds. The first-order chi connectivity index (χ1) is 11.2. The predicted molar refractivity (Wildman–Crippen MR) is 94.7 cm³/mol. The number of halogens is 1. The summed E-state index contributed by atoms with van der Waals surface area (Å²) in [7, 11) is 1.67. The first-order valence-corrected chi connectivity index (χ1v) is 8.80. The Bertz CT molecular complexity index is 820. The van der Waals surface area contributed by atoms with Gasteiger partial charge in [0.1, 0.15) is 5.75 Å². The van der Waals surface area contributed by atoms with Crippen LogP contribution in [0.5, 0.6) is 5.75 Å². The third kappa shape index (κ3) is 3.76. The highest BCUT2D eigenvalue weighted by Crippen LogP contribution is 2.31. The van der Waals surface area contributed by atoms with Crippen LogP contribution >= 0.6 is 27.7 Å². The summed E-state index contributed by atoms with van der Waals surface area (Å²) in [5.41, 5.74) is 3.15. The highest BCUT2D eigenvalue weighted by Gasteiger charge is 2.12. The van der Waals surface area contributed by atoms with Crippen LogP contribution in [-0.4, -0.2) is 17.3 Å². The Kier molecular flexibility index (Phi) is 5.03. The lowest BCUT2D eigenvalue weighted by Gasteiger charge is -2.07. The first-order valence-electron chi connectivity index (χ1n) is 7.02. The van der Waals surface area contributed by atoms with Gasteiger partial charge >= 0.3 is 0 Å². The summed E-state index contributed by atoms with van der Waals surface area (Å²) < 4.78 is 12.2. The van der Waals surface area contributed by atoms with Gasteiger partial charge in [-0.15, -0.1) is 10.2 Å². The van der Waals surface area contributed by atoms with Crippen LogP contribution < -0.4 is 4.74 Å². The molecule has 0 unspecified atom stereocenters. The van der Waals surface area contributed by atoms with Gasteiger partial charge in [0, 0.05) is 21.4 Å². The molecule has 1 heterocycles. The van der Waals surface area contributed by atoms with Gasteiger partial charge in [0.05, 0.1) is 7.11 Å². The lowest BCUT2D eigenvalue weighted by Crippen LogP contribution is -1.90. The van der Waals surface area contributed by atoms with Gasteiger partial charge < -0.3 is 9.15 Å². The molecular weight excluding hydrogens is 376 g/mol. The zero-order valence-electron chi connectivity index (χ0n) is 12.7. The molecule has 3 rings (SSSR count). The number of nitrogens with zero attached hydrogens (tertiary/aromatic N) is 2. The molecule has 0 bridgehead atoms. The third-order valence-electron chi connectivity index (χ3n) is 3.38. The second-order valence-corrected chi connectivity index (χ2v) is 6.78. The molecule has 4 nitrogen and oxygen atoms in total. The van der Waals surface area contributed by atoms with Gasteiger partial charge in [-0.3, -0.25) is 0 Å². The largest absolute Gasteiger partial charge is 0.496 e. The molecule has 0 aliphatic carbocycles. The van der Waals surface area contributed by atoms with Crippen LogP contribution in [0.25, 0.3) is 11.5 Å². The lowest BCUT2D eigenvalue weighted by molar-refractivity contribution is 0.411. The average molecular weight is 391 g/mol. The van der Waals surface area contributed by atoms with Crippen molar-refractivity contribution in [1.82, 2.24) is 10.2 Å². The van der Waals surface area contributed by atoms with Crippen LogP contribution in [-0.2, 0) is 5.75 Å². The van der Waals surface area contributed by atoms with E-state index in [1.807, 2.05) is 49.4 Å². The quantitative estimate of drug-likeness (QED) is 0.566. The van der Waals surface area contributed by atoms with Gasteiger partial charge in [0.2, 0.25) is 5.89 Å². The number of aryl methyl sites for hydroxylation is 1. The third-order valence-corrected chi connectivity index (χ3v) is 4.74. The standard InChI is InChI=1S/C17H15BrN2O2S/c1-11-5-3-4-6-14(11)16-19-20-17(22-16)23-10-12-9-13(18)7-8-15(12)21-2/h3-9H,10H2,1-2H3. The van der Waals surface area contributed by atoms with E-state index in [-0.39, 0.29) is 0 Å². The van der Waals surface area contributed by atoms with Gasteiger partial charge in [-0.1, -0.05) is 45.9 Å². The molecule has 0 radical (unpaired) electrons. The summed E-state index contributed by atoms with van der Waals surface area (Å²) in [5, 5.41) is 8.81. The molecule has 0 atom stereocenters. The van der Waals surface area contributed by atoms with Crippen molar-refractivity contribution in [3.63, 3.8) is 0 Å². The van der Waals surface area contributed by atoms with Gasteiger partial charge in [-0.25, -0.2) is 0 Å². The number of rotatable bonds is 5. The molecule has 118 valence electrons. The van der Waals surface area contributed by atoms with Gasteiger partial charge in [0.25, 0.3) is 5.22 Å². The zero-order chi connectivity index (χ0) is 16.2. The van der Waals surface area contributed by atoms with Crippen LogP contribution in [0.3, 0.4) is 0 Å². The van der Waals surface area contributed by atoms with E-state index >= 15 is 0 Å². The Hall–Kier alpha value is -1.79. The maximum atomic E-state index is 5.76. The van der Waals surface area contributed by atoms with E-state index in [0.29, 0.717) is 16.9 Å². The molecule has 0 fully saturated rings. The Balaban J connectivity index is 1.76. The summed E-state index contributed by atoms with van der Waals surface area (Å²) in [5.74, 6) is 2.09. The molecule has 0 aliphatic rings. The number of thioether (sulfide) groups is 1. The SMILES string of the molecule is COc1ccc(Br)cc1CSc1nnc(-c2ccccc2C)o1. The van der Waals surface area contributed by atoms with Gasteiger partial charge in [-0.05, 0) is 36.8 Å². The van der Waals surface area contributed by atoms with E-state index < -0.39 is 0 Å². The number of hydrogen-bond acceptors (Lipinski definition) is 5. The van der Waals surface area contributed by atoms with Crippen LogP contribution in [0.1, 0.15) is 11.1 Å². The molecule has 0 N–H and O–H groups in total.